The van der Waals surface area contributed by atoms with Crippen LogP contribution in [0.15, 0.2) is 42.5 Å². The minimum Gasteiger partial charge on any atom is -0.354 e. The Morgan fingerprint density at radius 1 is 1.28 bits per heavy atom. The summed E-state index contributed by atoms with van der Waals surface area (Å²) >= 11 is 10.5. The van der Waals surface area contributed by atoms with Crippen molar-refractivity contribution in [2.75, 3.05) is 6.54 Å². The second-order valence-electron chi connectivity index (χ2n) is 5.63. The van der Waals surface area contributed by atoms with Gasteiger partial charge in [0.15, 0.2) is 11.6 Å². The normalized spacial score (nSPS) is 23.1. The van der Waals surface area contributed by atoms with E-state index in [2.05, 4.69) is 23.3 Å². The van der Waals surface area contributed by atoms with Crippen molar-refractivity contribution in [3.63, 3.8) is 0 Å². The van der Waals surface area contributed by atoms with Gasteiger partial charge in [-0.25, -0.2) is 8.78 Å². The van der Waals surface area contributed by atoms with Crippen LogP contribution in [0.4, 0.5) is 8.78 Å². The molecule has 0 radical (unpaired) electrons. The molecule has 1 saturated heterocycles. The van der Waals surface area contributed by atoms with Gasteiger partial charge in [-0.05, 0) is 23.8 Å². The van der Waals surface area contributed by atoms with Crippen molar-refractivity contribution in [1.29, 1.82) is 5.41 Å². The zero-order chi connectivity index (χ0) is 18.0. The van der Waals surface area contributed by atoms with Gasteiger partial charge in [-0.3, -0.25) is 10.7 Å². The largest absolute Gasteiger partial charge is 0.354 e. The number of nitrogens with one attached hydrogen (secondary N) is 3. The number of rotatable bonds is 7. The predicted molar refractivity (Wildman–Crippen MR) is 96.0 cm³/mol. The number of benzene rings is 2. The van der Waals surface area contributed by atoms with Crippen LogP contribution in [0.3, 0.4) is 0 Å². The topological polar surface area (TPSA) is 60.4 Å². The van der Waals surface area contributed by atoms with Gasteiger partial charge in [0.1, 0.15) is 17.2 Å². The summed E-state index contributed by atoms with van der Waals surface area (Å²) in [6, 6.07) is 10.9. The quantitative estimate of drug-likeness (QED) is 0.194. The monoisotopic (exact) mass is 383 g/mol. The van der Waals surface area contributed by atoms with E-state index in [0.717, 1.165) is 24.0 Å². The first kappa shape index (κ1) is 18.1. The summed E-state index contributed by atoms with van der Waals surface area (Å²) in [5.74, 6) is -1.86. The van der Waals surface area contributed by atoms with Gasteiger partial charge in [0.05, 0.1) is 6.34 Å². The number of thiol groups is 1. The van der Waals surface area contributed by atoms with E-state index in [4.69, 9.17) is 21.7 Å². The Balaban J connectivity index is 1.92. The Hall–Kier alpha value is -1.67. The summed E-state index contributed by atoms with van der Waals surface area (Å²) in [7, 11) is 0. The second kappa shape index (κ2) is 7.29. The molecule has 3 rings (SSSR count). The molecule has 0 amide bonds. The lowest BCUT2D eigenvalue weighted by atomic mass is 9.91. The molecule has 3 atom stereocenters. The first-order valence-electron chi connectivity index (χ1n) is 7.52. The molecule has 1 aliphatic rings. The van der Waals surface area contributed by atoms with E-state index < -0.39 is 28.8 Å². The van der Waals surface area contributed by atoms with Crippen LogP contribution in [0.25, 0.3) is 0 Å². The summed E-state index contributed by atoms with van der Waals surface area (Å²) < 4.78 is 33.0. The van der Waals surface area contributed by atoms with Gasteiger partial charge in [-0.2, -0.15) is 0 Å². The fourth-order valence-corrected chi connectivity index (χ4v) is 3.18. The molecule has 132 valence electrons. The summed E-state index contributed by atoms with van der Waals surface area (Å²) in [6.07, 6.45) is 0.605. The van der Waals surface area contributed by atoms with Gasteiger partial charge in [0.2, 0.25) is 0 Å². The highest BCUT2D eigenvalue weighted by molar-refractivity contribution is 7.80. The van der Waals surface area contributed by atoms with Crippen LogP contribution in [0.1, 0.15) is 17.2 Å². The molecule has 1 heterocycles. The fraction of sp³-hybridized carbons (Fsp3) is 0.235. The lowest BCUT2D eigenvalue weighted by Gasteiger charge is -2.19. The Bertz CT molecular complexity index is 794. The van der Waals surface area contributed by atoms with E-state index in [0.29, 0.717) is 10.6 Å². The highest BCUT2D eigenvalue weighted by Crippen LogP contribution is 2.58. The van der Waals surface area contributed by atoms with Crippen LogP contribution in [-0.4, -0.2) is 18.4 Å². The van der Waals surface area contributed by atoms with Crippen molar-refractivity contribution >= 4 is 30.6 Å². The molecule has 4 nitrogen and oxygen atoms in total. The molecule has 8 heteroatoms. The Kier molecular flexibility index (Phi) is 5.29. The summed E-state index contributed by atoms with van der Waals surface area (Å²) in [4.78, 5) is 0. The average molecular weight is 384 g/mol. The molecule has 1 aliphatic heterocycles. The molecule has 0 bridgehead atoms. The summed E-state index contributed by atoms with van der Waals surface area (Å²) in [6.45, 7) is 0.267. The predicted octanol–water partition coefficient (Wildman–Crippen LogP) is 3.58. The van der Waals surface area contributed by atoms with E-state index in [-0.39, 0.29) is 6.54 Å². The third kappa shape index (κ3) is 3.64. The van der Waals surface area contributed by atoms with Crippen molar-refractivity contribution in [3.05, 3.63) is 70.2 Å². The summed E-state index contributed by atoms with van der Waals surface area (Å²) in [5.41, 5.74) is -0.120. The Labute approximate surface area is 154 Å². The fourth-order valence-electron chi connectivity index (χ4n) is 2.78. The highest BCUT2D eigenvalue weighted by atomic mass is 35.5. The van der Waals surface area contributed by atoms with Gasteiger partial charge in [-0.15, -0.1) is 12.6 Å². The molecule has 0 spiro atoms. The van der Waals surface area contributed by atoms with Crippen LogP contribution in [0, 0.1) is 17.0 Å². The van der Waals surface area contributed by atoms with Crippen LogP contribution < -0.4 is 10.6 Å². The van der Waals surface area contributed by atoms with Gasteiger partial charge in [-0.1, -0.05) is 35.9 Å². The van der Waals surface area contributed by atoms with E-state index in [1.165, 1.54) is 6.07 Å². The van der Waals surface area contributed by atoms with E-state index in [9.17, 15) is 8.78 Å². The number of hydrogen-bond donors (Lipinski definition) is 4. The third-order valence-corrected chi connectivity index (χ3v) is 4.77. The lowest BCUT2D eigenvalue weighted by molar-refractivity contribution is 0.284. The van der Waals surface area contributed by atoms with Crippen molar-refractivity contribution < 1.29 is 13.5 Å². The lowest BCUT2D eigenvalue weighted by Crippen LogP contribution is -2.41. The van der Waals surface area contributed by atoms with Crippen LogP contribution in [0.2, 0.25) is 5.02 Å². The molecule has 0 aromatic heterocycles. The molecular weight excluding hydrogens is 368 g/mol. The first-order valence-corrected chi connectivity index (χ1v) is 8.41. The maximum atomic E-state index is 13.7. The van der Waals surface area contributed by atoms with Gasteiger partial charge in [0.25, 0.3) is 0 Å². The minimum atomic E-state index is -0.940. The molecule has 1 fully saturated rings. The molecule has 2 aromatic rings. The SMILES string of the molecule is N=CNC(S)NC[C@]1(c2ccc(F)c(F)c2)O[C@@H]1c1ccccc1Cl. The van der Waals surface area contributed by atoms with E-state index >= 15 is 0 Å². The van der Waals surface area contributed by atoms with Crippen LogP contribution in [-0.2, 0) is 10.3 Å². The van der Waals surface area contributed by atoms with Crippen molar-refractivity contribution in [1.82, 2.24) is 10.6 Å². The average Bonchev–Trinajstić information content (AvgIpc) is 3.32. The Morgan fingerprint density at radius 3 is 2.72 bits per heavy atom. The second-order valence-corrected chi connectivity index (χ2v) is 6.56. The maximum Gasteiger partial charge on any atom is 0.159 e. The molecule has 1 unspecified atom stereocenters. The van der Waals surface area contributed by atoms with E-state index in [1.807, 2.05) is 18.2 Å². The zero-order valence-electron chi connectivity index (χ0n) is 13.0. The maximum absolute atomic E-state index is 13.7. The van der Waals surface area contributed by atoms with Crippen LogP contribution in [0.5, 0.6) is 0 Å². The van der Waals surface area contributed by atoms with Gasteiger partial charge >= 0.3 is 0 Å². The number of halogens is 3. The first-order chi connectivity index (χ1) is 12.0. The highest BCUT2D eigenvalue weighted by Gasteiger charge is 2.59. The molecule has 0 aliphatic carbocycles. The third-order valence-electron chi connectivity index (χ3n) is 4.09. The molecule has 25 heavy (non-hydrogen) atoms. The Morgan fingerprint density at radius 2 is 2.04 bits per heavy atom. The minimum absolute atomic E-state index is 0.267. The number of ether oxygens (including phenoxy) is 1. The molecule has 0 saturated carbocycles. The van der Waals surface area contributed by atoms with Gasteiger partial charge in [0, 0.05) is 17.1 Å². The van der Waals surface area contributed by atoms with Crippen molar-refractivity contribution in [3.8, 4) is 0 Å². The molecular formula is C17H16ClF2N3OS. The molecule has 3 N–H and O–H groups in total. The van der Waals surface area contributed by atoms with E-state index in [1.54, 1.807) is 6.07 Å². The molecule has 2 aromatic carbocycles. The van der Waals surface area contributed by atoms with Crippen molar-refractivity contribution in [2.45, 2.75) is 17.2 Å². The summed E-state index contributed by atoms with van der Waals surface area (Å²) in [5, 5.41) is 13.3. The zero-order valence-corrected chi connectivity index (χ0v) is 14.6. The van der Waals surface area contributed by atoms with Crippen LogP contribution >= 0.6 is 24.2 Å². The van der Waals surface area contributed by atoms with Crippen molar-refractivity contribution in [2.24, 2.45) is 0 Å². The number of epoxide rings is 1. The number of hydrogen-bond acceptors (Lipinski definition) is 4. The smallest absolute Gasteiger partial charge is 0.159 e. The standard InChI is InChI=1S/C17H16ClF2N3OS/c18-12-4-2-1-3-11(12)15-17(24-15,8-22-16(25)23-9-21)10-5-6-13(19)14(20)7-10/h1-7,9,15-16,22,25H,8H2,(H2,21,23)/t15-,16?,17-/m1/s1. The van der Waals surface area contributed by atoms with Gasteiger partial charge < -0.3 is 10.1 Å².